The van der Waals surface area contributed by atoms with Crippen molar-refractivity contribution in [3.05, 3.63) is 36.7 Å². The van der Waals surface area contributed by atoms with Gasteiger partial charge in [0.1, 0.15) is 11.6 Å². The van der Waals surface area contributed by atoms with E-state index in [4.69, 9.17) is 4.74 Å². The summed E-state index contributed by atoms with van der Waals surface area (Å²) in [5.74, 6) is 1.69. The van der Waals surface area contributed by atoms with Crippen molar-refractivity contribution in [1.82, 2.24) is 9.97 Å². The lowest BCUT2D eigenvalue weighted by Gasteiger charge is -2.07. The van der Waals surface area contributed by atoms with Crippen LogP contribution in [0.25, 0.3) is 11.3 Å². The summed E-state index contributed by atoms with van der Waals surface area (Å²) in [7, 11) is 0. The van der Waals surface area contributed by atoms with E-state index in [0.29, 0.717) is 6.61 Å². The maximum absolute atomic E-state index is 5.43. The summed E-state index contributed by atoms with van der Waals surface area (Å²) in [5, 5.41) is 3.24. The lowest BCUT2D eigenvalue weighted by Crippen LogP contribution is -2.02. The zero-order valence-electron chi connectivity index (χ0n) is 11.4. The Hall–Kier alpha value is -2.10. The first-order valence-corrected chi connectivity index (χ1v) is 6.62. The van der Waals surface area contributed by atoms with Crippen molar-refractivity contribution in [3.8, 4) is 17.0 Å². The fraction of sp³-hybridized carbons (Fsp3) is 0.333. The molecule has 0 saturated heterocycles. The van der Waals surface area contributed by atoms with Crippen molar-refractivity contribution >= 4 is 5.82 Å². The molecule has 1 N–H and O–H groups in total. The number of hydrogen-bond donors (Lipinski definition) is 1. The molecule has 0 radical (unpaired) electrons. The van der Waals surface area contributed by atoms with Gasteiger partial charge >= 0.3 is 0 Å². The second-order valence-electron chi connectivity index (χ2n) is 4.17. The summed E-state index contributed by atoms with van der Waals surface area (Å²) < 4.78 is 5.43. The number of rotatable bonds is 6. The second-order valence-corrected chi connectivity index (χ2v) is 4.17. The summed E-state index contributed by atoms with van der Waals surface area (Å²) in [6.45, 7) is 5.68. The van der Waals surface area contributed by atoms with E-state index in [9.17, 15) is 0 Å². The molecule has 0 saturated carbocycles. The van der Waals surface area contributed by atoms with Crippen molar-refractivity contribution in [2.75, 3.05) is 18.5 Å². The van der Waals surface area contributed by atoms with Crippen molar-refractivity contribution in [2.45, 2.75) is 20.3 Å². The molecule has 0 aliphatic carbocycles. The van der Waals surface area contributed by atoms with Crippen LogP contribution in [0, 0.1) is 0 Å². The Morgan fingerprint density at radius 2 is 1.89 bits per heavy atom. The highest BCUT2D eigenvalue weighted by Gasteiger charge is 2.02. The number of benzene rings is 1. The SMILES string of the molecule is CCCNc1cncc(-c2ccc(OCC)cc2)n1. The molecular weight excluding hydrogens is 238 g/mol. The number of hydrogen-bond acceptors (Lipinski definition) is 4. The molecule has 2 rings (SSSR count). The van der Waals surface area contributed by atoms with Crippen LogP contribution in [0.3, 0.4) is 0 Å². The third-order valence-electron chi connectivity index (χ3n) is 2.65. The van der Waals surface area contributed by atoms with Crippen LogP contribution in [0.15, 0.2) is 36.7 Å². The highest BCUT2D eigenvalue weighted by molar-refractivity contribution is 5.60. The first kappa shape index (κ1) is 13.3. The topological polar surface area (TPSA) is 47.0 Å². The number of anilines is 1. The molecule has 4 heteroatoms. The van der Waals surface area contributed by atoms with Gasteiger partial charge in [-0.25, -0.2) is 4.98 Å². The minimum atomic E-state index is 0.676. The minimum Gasteiger partial charge on any atom is -0.494 e. The third kappa shape index (κ3) is 3.68. The molecule has 0 aliphatic heterocycles. The maximum atomic E-state index is 5.43. The lowest BCUT2D eigenvalue weighted by molar-refractivity contribution is 0.340. The molecule has 0 spiro atoms. The monoisotopic (exact) mass is 257 g/mol. The zero-order valence-corrected chi connectivity index (χ0v) is 11.4. The van der Waals surface area contributed by atoms with Crippen LogP contribution in [0.5, 0.6) is 5.75 Å². The molecule has 2 aromatic rings. The van der Waals surface area contributed by atoms with Crippen LogP contribution < -0.4 is 10.1 Å². The van der Waals surface area contributed by atoms with Gasteiger partial charge in [-0.15, -0.1) is 0 Å². The summed E-state index contributed by atoms with van der Waals surface area (Å²) in [6.07, 6.45) is 4.58. The minimum absolute atomic E-state index is 0.676. The van der Waals surface area contributed by atoms with Crippen LogP contribution in [-0.2, 0) is 0 Å². The van der Waals surface area contributed by atoms with Crippen molar-refractivity contribution in [2.24, 2.45) is 0 Å². The van der Waals surface area contributed by atoms with Gasteiger partial charge in [-0.3, -0.25) is 4.98 Å². The Morgan fingerprint density at radius 3 is 2.58 bits per heavy atom. The highest BCUT2D eigenvalue weighted by Crippen LogP contribution is 2.21. The fourth-order valence-corrected chi connectivity index (χ4v) is 1.73. The third-order valence-corrected chi connectivity index (χ3v) is 2.65. The smallest absolute Gasteiger partial charge is 0.145 e. The first-order chi connectivity index (χ1) is 9.33. The van der Waals surface area contributed by atoms with Crippen LogP contribution in [0.2, 0.25) is 0 Å². The number of ether oxygens (including phenoxy) is 1. The standard InChI is InChI=1S/C15H19N3O/c1-3-9-17-15-11-16-10-14(18-15)12-5-7-13(8-6-12)19-4-2/h5-8,10-11H,3-4,9H2,1-2H3,(H,17,18). The predicted octanol–water partition coefficient (Wildman–Crippen LogP) is 3.36. The molecular formula is C15H19N3O. The van der Waals surface area contributed by atoms with E-state index in [1.807, 2.05) is 31.2 Å². The van der Waals surface area contributed by atoms with Crippen LogP contribution >= 0.6 is 0 Å². The van der Waals surface area contributed by atoms with Gasteiger partial charge in [0.2, 0.25) is 0 Å². The summed E-state index contributed by atoms with van der Waals surface area (Å²) in [5.41, 5.74) is 1.90. The van der Waals surface area contributed by atoms with E-state index in [2.05, 4.69) is 22.2 Å². The molecule has 1 heterocycles. The van der Waals surface area contributed by atoms with Crippen molar-refractivity contribution in [1.29, 1.82) is 0 Å². The van der Waals surface area contributed by atoms with Crippen LogP contribution in [0.4, 0.5) is 5.82 Å². The lowest BCUT2D eigenvalue weighted by atomic mass is 10.1. The summed E-state index contributed by atoms with van der Waals surface area (Å²) in [6, 6.07) is 7.90. The van der Waals surface area contributed by atoms with Gasteiger partial charge in [0.25, 0.3) is 0 Å². The first-order valence-electron chi connectivity index (χ1n) is 6.62. The number of nitrogens with zero attached hydrogens (tertiary/aromatic N) is 2. The average Bonchev–Trinajstić information content (AvgIpc) is 2.46. The molecule has 4 nitrogen and oxygen atoms in total. The second kappa shape index (κ2) is 6.73. The Morgan fingerprint density at radius 1 is 1.11 bits per heavy atom. The summed E-state index contributed by atoms with van der Waals surface area (Å²) >= 11 is 0. The van der Waals surface area contributed by atoms with Crippen molar-refractivity contribution in [3.63, 3.8) is 0 Å². The maximum Gasteiger partial charge on any atom is 0.145 e. The van der Waals surface area contributed by atoms with Crippen LogP contribution in [0.1, 0.15) is 20.3 Å². The van der Waals surface area contributed by atoms with E-state index >= 15 is 0 Å². The van der Waals surface area contributed by atoms with E-state index < -0.39 is 0 Å². The molecule has 100 valence electrons. The molecule has 1 aromatic carbocycles. The van der Waals surface area contributed by atoms with Gasteiger partial charge in [-0.2, -0.15) is 0 Å². The quantitative estimate of drug-likeness (QED) is 0.862. The molecule has 0 atom stereocenters. The number of aromatic nitrogens is 2. The fourth-order valence-electron chi connectivity index (χ4n) is 1.73. The van der Waals surface area contributed by atoms with Gasteiger partial charge in [-0.1, -0.05) is 6.92 Å². The average molecular weight is 257 g/mol. The van der Waals surface area contributed by atoms with Gasteiger partial charge in [0, 0.05) is 12.1 Å². The molecule has 0 amide bonds. The number of nitrogens with one attached hydrogen (secondary N) is 1. The van der Waals surface area contributed by atoms with E-state index in [0.717, 1.165) is 35.8 Å². The normalized spacial score (nSPS) is 10.2. The van der Waals surface area contributed by atoms with Gasteiger partial charge in [0.15, 0.2) is 0 Å². The predicted molar refractivity (Wildman–Crippen MR) is 77.4 cm³/mol. The summed E-state index contributed by atoms with van der Waals surface area (Å²) in [4.78, 5) is 8.76. The highest BCUT2D eigenvalue weighted by atomic mass is 16.5. The molecule has 19 heavy (non-hydrogen) atoms. The largest absolute Gasteiger partial charge is 0.494 e. The zero-order chi connectivity index (χ0) is 13.5. The molecule has 0 fully saturated rings. The van der Waals surface area contributed by atoms with Gasteiger partial charge in [-0.05, 0) is 37.6 Å². The van der Waals surface area contributed by atoms with E-state index in [1.54, 1.807) is 12.4 Å². The Bertz CT molecular complexity index is 511. The molecule has 0 unspecified atom stereocenters. The molecule has 1 aromatic heterocycles. The molecule has 0 bridgehead atoms. The Labute approximate surface area is 113 Å². The van der Waals surface area contributed by atoms with Gasteiger partial charge in [0.05, 0.1) is 24.7 Å². The van der Waals surface area contributed by atoms with Crippen LogP contribution in [-0.4, -0.2) is 23.1 Å². The van der Waals surface area contributed by atoms with E-state index in [-0.39, 0.29) is 0 Å². The van der Waals surface area contributed by atoms with Crippen molar-refractivity contribution < 1.29 is 4.74 Å². The Balaban J connectivity index is 2.16. The van der Waals surface area contributed by atoms with E-state index in [1.165, 1.54) is 0 Å². The van der Waals surface area contributed by atoms with Gasteiger partial charge < -0.3 is 10.1 Å². The Kier molecular flexibility index (Phi) is 4.72. The molecule has 0 aliphatic rings.